The van der Waals surface area contributed by atoms with Gasteiger partial charge in [-0.1, -0.05) is 48.5 Å². The van der Waals surface area contributed by atoms with Crippen molar-refractivity contribution in [1.29, 1.82) is 0 Å². The largest absolute Gasteiger partial charge is 0.271 e. The molecule has 0 atom stereocenters. The second-order valence-corrected chi connectivity index (χ2v) is 6.18. The number of carbonyl (C=O) groups excluding carboxylic acids is 1. The highest BCUT2D eigenvalue weighted by Crippen LogP contribution is 2.13. The lowest BCUT2D eigenvalue weighted by molar-refractivity contribution is 0.0954. The average molecular weight is 334 g/mol. The zero-order valence-corrected chi connectivity index (χ0v) is 14.0. The molecule has 0 aliphatic carbocycles. The van der Waals surface area contributed by atoms with Gasteiger partial charge in [-0.05, 0) is 46.9 Å². The molecule has 3 rings (SSSR count). The number of rotatable bonds is 6. The molecule has 1 N–H and O–H groups in total. The predicted molar refractivity (Wildman–Crippen MR) is 99.7 cm³/mol. The molecule has 0 bridgehead atoms. The maximum Gasteiger partial charge on any atom is 0.271 e. The van der Waals surface area contributed by atoms with Gasteiger partial charge >= 0.3 is 0 Å². The van der Waals surface area contributed by atoms with Crippen LogP contribution >= 0.6 is 11.3 Å². The van der Waals surface area contributed by atoms with Crippen LogP contribution in [0.5, 0.6) is 0 Å². The molecular weight excluding hydrogens is 316 g/mol. The first kappa shape index (κ1) is 16.1. The highest BCUT2D eigenvalue weighted by atomic mass is 32.1. The quantitative estimate of drug-likeness (QED) is 0.530. The summed E-state index contributed by atoms with van der Waals surface area (Å²) in [4.78, 5) is 12.4. The highest BCUT2D eigenvalue weighted by Gasteiger charge is 2.10. The third-order valence-electron chi connectivity index (χ3n) is 3.71. The zero-order chi connectivity index (χ0) is 16.6. The van der Waals surface area contributed by atoms with Crippen molar-refractivity contribution < 1.29 is 4.79 Å². The fraction of sp³-hybridized carbons (Fsp3) is 0.100. The number of aryl methyl sites for hydroxylation is 2. The Morgan fingerprint density at radius 3 is 2.58 bits per heavy atom. The Morgan fingerprint density at radius 2 is 1.79 bits per heavy atom. The van der Waals surface area contributed by atoms with Gasteiger partial charge in [-0.25, -0.2) is 5.43 Å². The van der Waals surface area contributed by atoms with E-state index in [-0.39, 0.29) is 5.91 Å². The van der Waals surface area contributed by atoms with Crippen LogP contribution in [-0.2, 0) is 12.8 Å². The van der Waals surface area contributed by atoms with Gasteiger partial charge in [-0.15, -0.1) is 0 Å². The third kappa shape index (κ3) is 4.40. The fourth-order valence-corrected chi connectivity index (χ4v) is 3.07. The number of thiophene rings is 1. The Balaban J connectivity index is 1.65. The first-order valence-electron chi connectivity index (χ1n) is 7.80. The van der Waals surface area contributed by atoms with E-state index in [1.807, 2.05) is 59.3 Å². The molecule has 0 fully saturated rings. The molecule has 0 radical (unpaired) electrons. The maximum absolute atomic E-state index is 12.4. The zero-order valence-electron chi connectivity index (χ0n) is 13.2. The molecule has 0 saturated heterocycles. The number of nitrogens with zero attached hydrogens (tertiary/aromatic N) is 1. The van der Waals surface area contributed by atoms with E-state index in [0.717, 1.165) is 24.0 Å². The van der Waals surface area contributed by atoms with Gasteiger partial charge in [0.15, 0.2) is 0 Å². The molecule has 0 saturated carbocycles. The van der Waals surface area contributed by atoms with Crippen molar-refractivity contribution in [2.24, 2.45) is 5.10 Å². The molecule has 3 nitrogen and oxygen atoms in total. The van der Waals surface area contributed by atoms with E-state index in [1.54, 1.807) is 17.6 Å². The fourth-order valence-electron chi connectivity index (χ4n) is 2.46. The van der Waals surface area contributed by atoms with Crippen molar-refractivity contribution in [3.8, 4) is 0 Å². The van der Waals surface area contributed by atoms with Gasteiger partial charge in [0.05, 0.1) is 6.21 Å². The number of amides is 1. The standard InChI is InChI=1S/C20H18N2OS/c23-20(22-21-14-17-12-13-24-15-17)19-9-5-4-8-18(19)11-10-16-6-2-1-3-7-16/h1-9,12-15H,10-11H2,(H,22,23). The van der Waals surface area contributed by atoms with Crippen LogP contribution in [0.2, 0.25) is 0 Å². The summed E-state index contributed by atoms with van der Waals surface area (Å²) in [6, 6.07) is 19.9. The minimum Gasteiger partial charge on any atom is -0.267 e. The van der Waals surface area contributed by atoms with Crippen LogP contribution in [0.1, 0.15) is 27.0 Å². The average Bonchev–Trinajstić information content (AvgIpc) is 3.14. The van der Waals surface area contributed by atoms with E-state index >= 15 is 0 Å². The van der Waals surface area contributed by atoms with E-state index in [2.05, 4.69) is 22.7 Å². The normalized spacial score (nSPS) is 10.8. The topological polar surface area (TPSA) is 41.5 Å². The van der Waals surface area contributed by atoms with Crippen LogP contribution in [0.15, 0.2) is 76.5 Å². The van der Waals surface area contributed by atoms with E-state index in [9.17, 15) is 4.79 Å². The molecular formula is C20H18N2OS. The molecule has 24 heavy (non-hydrogen) atoms. The molecule has 4 heteroatoms. The molecule has 1 amide bonds. The van der Waals surface area contributed by atoms with Gasteiger partial charge in [0.25, 0.3) is 5.91 Å². The summed E-state index contributed by atoms with van der Waals surface area (Å²) >= 11 is 1.60. The lowest BCUT2D eigenvalue weighted by atomic mass is 9.99. The number of carbonyl (C=O) groups is 1. The first-order valence-corrected chi connectivity index (χ1v) is 8.74. The Morgan fingerprint density at radius 1 is 1.00 bits per heavy atom. The minimum absolute atomic E-state index is 0.176. The molecule has 0 aliphatic rings. The van der Waals surface area contributed by atoms with Crippen molar-refractivity contribution in [3.05, 3.63) is 93.7 Å². The van der Waals surface area contributed by atoms with Crippen molar-refractivity contribution in [2.75, 3.05) is 0 Å². The van der Waals surface area contributed by atoms with Crippen LogP contribution < -0.4 is 5.43 Å². The molecule has 1 heterocycles. The maximum atomic E-state index is 12.4. The number of benzene rings is 2. The first-order chi connectivity index (χ1) is 11.8. The van der Waals surface area contributed by atoms with Gasteiger partial charge in [0.1, 0.15) is 0 Å². The molecule has 0 aliphatic heterocycles. The van der Waals surface area contributed by atoms with E-state index < -0.39 is 0 Å². The number of hydrogen-bond acceptors (Lipinski definition) is 3. The predicted octanol–water partition coefficient (Wildman–Crippen LogP) is 4.30. The number of hydrazone groups is 1. The van der Waals surface area contributed by atoms with Crippen LogP contribution in [0, 0.1) is 0 Å². The third-order valence-corrected chi connectivity index (χ3v) is 4.41. The lowest BCUT2D eigenvalue weighted by Crippen LogP contribution is -2.19. The number of hydrogen-bond donors (Lipinski definition) is 1. The van der Waals surface area contributed by atoms with Crippen molar-refractivity contribution in [3.63, 3.8) is 0 Å². The van der Waals surface area contributed by atoms with E-state index in [1.165, 1.54) is 5.56 Å². The van der Waals surface area contributed by atoms with Crippen molar-refractivity contribution >= 4 is 23.5 Å². The summed E-state index contributed by atoms with van der Waals surface area (Å²) in [6.45, 7) is 0. The molecule has 0 unspecified atom stereocenters. The van der Waals surface area contributed by atoms with Crippen LogP contribution in [-0.4, -0.2) is 12.1 Å². The molecule has 1 aromatic heterocycles. The Labute approximate surface area is 145 Å². The van der Waals surface area contributed by atoms with Crippen LogP contribution in [0.4, 0.5) is 0 Å². The SMILES string of the molecule is O=C(NN=Cc1ccsc1)c1ccccc1CCc1ccccc1. The summed E-state index contributed by atoms with van der Waals surface area (Å²) in [7, 11) is 0. The summed E-state index contributed by atoms with van der Waals surface area (Å²) in [5.41, 5.74) is 6.57. The Hall–Kier alpha value is -2.72. The molecule has 120 valence electrons. The number of nitrogens with one attached hydrogen (secondary N) is 1. The van der Waals surface area contributed by atoms with Crippen molar-refractivity contribution in [2.45, 2.75) is 12.8 Å². The minimum atomic E-state index is -0.176. The summed E-state index contributed by atoms with van der Waals surface area (Å²) in [5.74, 6) is -0.176. The second-order valence-electron chi connectivity index (χ2n) is 5.40. The second kappa shape index (κ2) is 8.22. The van der Waals surface area contributed by atoms with Gasteiger partial charge in [-0.3, -0.25) is 4.79 Å². The van der Waals surface area contributed by atoms with E-state index in [0.29, 0.717) is 5.56 Å². The molecule has 2 aromatic carbocycles. The van der Waals surface area contributed by atoms with Gasteiger partial charge in [-0.2, -0.15) is 16.4 Å². The van der Waals surface area contributed by atoms with Gasteiger partial charge in [0.2, 0.25) is 0 Å². The summed E-state index contributed by atoms with van der Waals surface area (Å²) in [5, 5.41) is 7.98. The van der Waals surface area contributed by atoms with E-state index in [4.69, 9.17) is 0 Å². The lowest BCUT2D eigenvalue weighted by Gasteiger charge is -2.08. The smallest absolute Gasteiger partial charge is 0.267 e. The van der Waals surface area contributed by atoms with Crippen molar-refractivity contribution in [1.82, 2.24) is 5.43 Å². The summed E-state index contributed by atoms with van der Waals surface area (Å²) < 4.78 is 0. The van der Waals surface area contributed by atoms with Crippen LogP contribution in [0.25, 0.3) is 0 Å². The summed E-state index contributed by atoms with van der Waals surface area (Å²) in [6.07, 6.45) is 3.38. The van der Waals surface area contributed by atoms with Gasteiger partial charge in [0, 0.05) is 11.1 Å². The monoisotopic (exact) mass is 334 g/mol. The van der Waals surface area contributed by atoms with Gasteiger partial charge < -0.3 is 0 Å². The highest BCUT2D eigenvalue weighted by molar-refractivity contribution is 7.08. The molecule has 0 spiro atoms. The molecule has 3 aromatic rings. The Bertz CT molecular complexity index is 811. The Kier molecular flexibility index (Phi) is 5.53. The van der Waals surface area contributed by atoms with Crippen LogP contribution in [0.3, 0.4) is 0 Å².